The monoisotopic (exact) mass is 276 g/mol. The van der Waals surface area contributed by atoms with Gasteiger partial charge in [0.15, 0.2) is 0 Å². The molecule has 0 unspecified atom stereocenters. The molecule has 0 aliphatic rings. The summed E-state index contributed by atoms with van der Waals surface area (Å²) in [4.78, 5) is 11.6. The van der Waals surface area contributed by atoms with Gasteiger partial charge in [-0.25, -0.2) is 8.42 Å². The molecule has 0 bridgehead atoms. The maximum absolute atomic E-state index is 11.6. The fourth-order valence-electron chi connectivity index (χ4n) is 1.54. The van der Waals surface area contributed by atoms with Gasteiger partial charge in [0, 0.05) is 29.0 Å². The molecule has 0 spiro atoms. The smallest absolute Gasteiger partial charge is 0.255 e. The van der Waals surface area contributed by atoms with Crippen LogP contribution < -0.4 is 10.3 Å². The van der Waals surface area contributed by atoms with Crippen LogP contribution in [0.5, 0.6) is 0 Å². The molecule has 1 aromatic carbocycles. The van der Waals surface area contributed by atoms with Crippen LogP contribution in [-0.2, 0) is 10.0 Å². The number of sulfonamides is 1. The van der Waals surface area contributed by atoms with E-state index >= 15 is 0 Å². The fraction of sp³-hybridized carbons (Fsp3) is 0. The topological polar surface area (TPSA) is 68.2 Å². The zero-order valence-electron chi connectivity index (χ0n) is 9.98. The van der Waals surface area contributed by atoms with Crippen LogP contribution in [0, 0.1) is 0 Å². The quantitative estimate of drug-likeness (QED) is 0.924. The zero-order valence-corrected chi connectivity index (χ0v) is 10.8. The van der Waals surface area contributed by atoms with Crippen molar-refractivity contribution in [1.82, 2.24) is 4.57 Å². The van der Waals surface area contributed by atoms with E-state index in [-0.39, 0.29) is 5.56 Å². The second-order valence-corrected chi connectivity index (χ2v) is 5.40. The van der Waals surface area contributed by atoms with Gasteiger partial charge in [-0.3, -0.25) is 14.1 Å². The highest BCUT2D eigenvalue weighted by Crippen LogP contribution is 2.13. The summed E-state index contributed by atoms with van der Waals surface area (Å²) in [7, 11) is -3.51. The Hall–Kier alpha value is -2.34. The minimum absolute atomic E-state index is 0.151. The number of anilines is 1. The molecule has 1 aromatic heterocycles. The lowest BCUT2D eigenvalue weighted by molar-refractivity contribution is 0.609. The van der Waals surface area contributed by atoms with Gasteiger partial charge < -0.3 is 0 Å². The van der Waals surface area contributed by atoms with E-state index in [0.717, 1.165) is 5.41 Å². The molecule has 19 heavy (non-hydrogen) atoms. The molecule has 0 aliphatic heterocycles. The van der Waals surface area contributed by atoms with Crippen LogP contribution in [0.1, 0.15) is 0 Å². The summed E-state index contributed by atoms with van der Waals surface area (Å²) in [6.07, 6.45) is 1.64. The number of aromatic nitrogens is 1. The molecule has 0 atom stereocenters. The van der Waals surface area contributed by atoms with Crippen LogP contribution in [0.2, 0.25) is 0 Å². The lowest BCUT2D eigenvalue weighted by atomic mass is 10.3. The summed E-state index contributed by atoms with van der Waals surface area (Å²) >= 11 is 0. The second kappa shape index (κ2) is 5.11. The van der Waals surface area contributed by atoms with E-state index in [1.807, 2.05) is 0 Å². The highest BCUT2D eigenvalue weighted by molar-refractivity contribution is 7.95. The van der Waals surface area contributed by atoms with Crippen molar-refractivity contribution < 1.29 is 8.42 Å². The van der Waals surface area contributed by atoms with Gasteiger partial charge in [-0.1, -0.05) is 12.6 Å². The Labute approximate surface area is 110 Å². The second-order valence-electron chi connectivity index (χ2n) is 3.77. The molecule has 0 radical (unpaired) electrons. The Morgan fingerprint density at radius 3 is 2.37 bits per heavy atom. The predicted octanol–water partition coefficient (Wildman–Crippen LogP) is 1.72. The Balaban J connectivity index is 2.32. The lowest BCUT2D eigenvalue weighted by Crippen LogP contribution is -2.15. The fourth-order valence-corrected chi connectivity index (χ4v) is 2.08. The van der Waals surface area contributed by atoms with E-state index in [0.29, 0.717) is 11.4 Å². The van der Waals surface area contributed by atoms with Crippen molar-refractivity contribution >= 4 is 15.7 Å². The minimum atomic E-state index is -3.51. The molecular weight excluding hydrogens is 264 g/mol. The SMILES string of the molecule is C=CS(=O)(=O)Nc1ccc(-n2ccccc2=O)cc1. The van der Waals surface area contributed by atoms with Crippen LogP contribution in [0.25, 0.3) is 5.69 Å². The van der Waals surface area contributed by atoms with E-state index in [1.54, 1.807) is 42.6 Å². The van der Waals surface area contributed by atoms with Gasteiger partial charge in [0.05, 0.1) is 0 Å². The third-order valence-corrected chi connectivity index (χ3v) is 3.41. The van der Waals surface area contributed by atoms with Crippen LogP contribution in [0.3, 0.4) is 0 Å². The van der Waals surface area contributed by atoms with E-state index < -0.39 is 10.0 Å². The van der Waals surface area contributed by atoms with E-state index in [9.17, 15) is 13.2 Å². The highest BCUT2D eigenvalue weighted by atomic mass is 32.2. The van der Waals surface area contributed by atoms with Crippen molar-refractivity contribution in [3.05, 3.63) is 71.0 Å². The van der Waals surface area contributed by atoms with Crippen molar-refractivity contribution in [3.8, 4) is 5.69 Å². The third kappa shape index (κ3) is 3.11. The molecule has 0 aliphatic carbocycles. The summed E-state index contributed by atoms with van der Waals surface area (Å²) in [6.45, 7) is 3.21. The number of rotatable bonds is 4. The number of hydrogen-bond donors (Lipinski definition) is 1. The Kier molecular flexibility index (Phi) is 3.52. The van der Waals surface area contributed by atoms with Gasteiger partial charge in [-0.05, 0) is 30.3 Å². The van der Waals surface area contributed by atoms with Gasteiger partial charge in [-0.15, -0.1) is 0 Å². The van der Waals surface area contributed by atoms with Crippen molar-refractivity contribution in [1.29, 1.82) is 0 Å². The Morgan fingerprint density at radius 1 is 1.11 bits per heavy atom. The van der Waals surface area contributed by atoms with Crippen LogP contribution in [0.4, 0.5) is 5.69 Å². The summed E-state index contributed by atoms with van der Waals surface area (Å²) in [5.74, 6) is 0. The van der Waals surface area contributed by atoms with Crippen molar-refractivity contribution in [2.24, 2.45) is 0 Å². The van der Waals surface area contributed by atoms with Gasteiger partial charge in [0.2, 0.25) is 0 Å². The third-order valence-electron chi connectivity index (χ3n) is 2.45. The number of nitrogens with one attached hydrogen (secondary N) is 1. The van der Waals surface area contributed by atoms with Crippen molar-refractivity contribution in [3.63, 3.8) is 0 Å². The summed E-state index contributed by atoms with van der Waals surface area (Å²) in [5.41, 5.74) is 0.918. The molecular formula is C13H12N2O3S. The van der Waals surface area contributed by atoms with Gasteiger partial charge >= 0.3 is 0 Å². The lowest BCUT2D eigenvalue weighted by Gasteiger charge is -2.07. The standard InChI is InChI=1S/C13H12N2O3S/c1-2-19(17,18)14-11-6-8-12(9-7-11)15-10-4-3-5-13(15)16/h2-10,14H,1H2. The molecule has 0 saturated heterocycles. The molecule has 1 heterocycles. The molecule has 0 amide bonds. The molecule has 6 heteroatoms. The van der Waals surface area contributed by atoms with Crippen LogP contribution in [-0.4, -0.2) is 13.0 Å². The first-order valence-corrected chi connectivity index (χ1v) is 7.00. The van der Waals surface area contributed by atoms with Crippen molar-refractivity contribution in [2.45, 2.75) is 0 Å². The average molecular weight is 276 g/mol. The molecule has 0 fully saturated rings. The summed E-state index contributed by atoms with van der Waals surface area (Å²) in [6, 6.07) is 11.3. The zero-order chi connectivity index (χ0) is 13.9. The predicted molar refractivity (Wildman–Crippen MR) is 74.8 cm³/mol. The number of hydrogen-bond acceptors (Lipinski definition) is 3. The molecule has 2 rings (SSSR count). The van der Waals surface area contributed by atoms with Crippen LogP contribution in [0.15, 0.2) is 65.4 Å². The largest absolute Gasteiger partial charge is 0.284 e. The van der Waals surface area contributed by atoms with Crippen LogP contribution >= 0.6 is 0 Å². The number of pyridine rings is 1. The molecule has 1 N–H and O–H groups in total. The highest BCUT2D eigenvalue weighted by Gasteiger charge is 2.04. The van der Waals surface area contributed by atoms with Gasteiger partial charge in [0.1, 0.15) is 0 Å². The first-order chi connectivity index (χ1) is 9.02. The Bertz CT molecular complexity index is 746. The number of nitrogens with zero attached hydrogens (tertiary/aromatic N) is 1. The van der Waals surface area contributed by atoms with Gasteiger partial charge in [0.25, 0.3) is 15.6 Å². The number of benzene rings is 1. The normalized spacial score (nSPS) is 10.9. The van der Waals surface area contributed by atoms with E-state index in [2.05, 4.69) is 11.3 Å². The maximum Gasteiger partial charge on any atom is 0.255 e. The van der Waals surface area contributed by atoms with Crippen molar-refractivity contribution in [2.75, 3.05) is 4.72 Å². The van der Waals surface area contributed by atoms with Gasteiger partial charge in [-0.2, -0.15) is 0 Å². The van der Waals surface area contributed by atoms with E-state index in [1.165, 1.54) is 10.6 Å². The molecule has 0 saturated carbocycles. The first kappa shape index (κ1) is 13.1. The summed E-state index contributed by atoms with van der Waals surface area (Å²) < 4.78 is 26.4. The molecule has 2 aromatic rings. The molecule has 98 valence electrons. The maximum atomic E-state index is 11.6. The van der Waals surface area contributed by atoms with E-state index in [4.69, 9.17) is 0 Å². The Morgan fingerprint density at radius 2 is 1.79 bits per heavy atom. The molecule has 5 nitrogen and oxygen atoms in total. The first-order valence-electron chi connectivity index (χ1n) is 5.45. The summed E-state index contributed by atoms with van der Waals surface area (Å²) in [5, 5.41) is 0.836. The average Bonchev–Trinajstić information content (AvgIpc) is 2.40. The minimum Gasteiger partial charge on any atom is -0.284 e.